The molecule has 0 aliphatic carbocycles. The maximum Gasteiger partial charge on any atom is 0.183 e. The van der Waals surface area contributed by atoms with Crippen molar-refractivity contribution in [1.29, 1.82) is 0 Å². The van der Waals surface area contributed by atoms with E-state index in [0.717, 1.165) is 0 Å². The zero-order chi connectivity index (χ0) is 7.33. The first-order chi connectivity index (χ1) is 4.06. The zero-order valence-corrected chi connectivity index (χ0v) is 7.44. The maximum absolute atomic E-state index is 5.44. The van der Waals surface area contributed by atoms with Crippen molar-refractivity contribution in [2.75, 3.05) is 13.2 Å². The molecule has 0 atom stereocenters. The van der Waals surface area contributed by atoms with Crippen LogP contribution in [0.25, 0.3) is 0 Å². The minimum absolute atomic E-state index is 0.601. The van der Waals surface area contributed by atoms with Gasteiger partial charge in [-0.05, 0) is 19.6 Å². The largest absolute Gasteiger partial charge is 0.415 e. The quantitative estimate of drug-likeness (QED) is 0.444. The van der Waals surface area contributed by atoms with Crippen molar-refractivity contribution in [3.8, 4) is 0 Å². The molecule has 0 spiro atoms. The Morgan fingerprint density at radius 3 is 2.11 bits per heavy atom. The Morgan fingerprint density at radius 2 is 1.78 bits per heavy atom. The molecule has 55 valence electrons. The lowest BCUT2D eigenvalue weighted by molar-refractivity contribution is 0.171. The number of ether oxygens (including phenoxy) is 1. The third kappa shape index (κ3) is 8.14. The van der Waals surface area contributed by atoms with Crippen molar-refractivity contribution in [1.82, 2.24) is 0 Å². The van der Waals surface area contributed by atoms with E-state index in [-0.39, 0.29) is 0 Å². The first-order valence-electron chi connectivity index (χ1n) is 3.07. The molecule has 9 heavy (non-hydrogen) atoms. The summed E-state index contributed by atoms with van der Waals surface area (Å²) < 4.78 is 10.0. The van der Waals surface area contributed by atoms with E-state index >= 15 is 0 Å². The van der Waals surface area contributed by atoms with Crippen molar-refractivity contribution in [3.05, 3.63) is 7.11 Å². The summed E-state index contributed by atoms with van der Waals surface area (Å²) in [6, 6.07) is 0. The van der Waals surface area contributed by atoms with E-state index in [0.29, 0.717) is 13.2 Å². The maximum atomic E-state index is 5.44. The van der Waals surface area contributed by atoms with Crippen LogP contribution in [0.4, 0.5) is 0 Å². The molecule has 3 heteroatoms. The van der Waals surface area contributed by atoms with Crippen LogP contribution in [0.1, 0.15) is 0 Å². The molecule has 0 fully saturated rings. The Labute approximate surface area is 58.3 Å². The summed E-state index contributed by atoms with van der Waals surface area (Å²) in [7, 11) is 1.94. The van der Waals surface area contributed by atoms with Crippen LogP contribution >= 0.6 is 0 Å². The smallest absolute Gasteiger partial charge is 0.183 e. The van der Waals surface area contributed by atoms with Crippen LogP contribution in [0.15, 0.2) is 0 Å². The minimum atomic E-state index is -1.30. The van der Waals surface area contributed by atoms with Gasteiger partial charge in [0.2, 0.25) is 0 Å². The highest BCUT2D eigenvalue weighted by molar-refractivity contribution is 6.69. The summed E-state index contributed by atoms with van der Waals surface area (Å²) in [5, 5.41) is 0. The van der Waals surface area contributed by atoms with E-state index in [1.165, 1.54) is 0 Å². The second-order valence-corrected chi connectivity index (χ2v) is 7.38. The molecule has 0 saturated carbocycles. The molecule has 0 amide bonds. The fraction of sp³-hybridized carbons (Fsp3) is 0.833. The van der Waals surface area contributed by atoms with Gasteiger partial charge in [0.15, 0.2) is 8.32 Å². The van der Waals surface area contributed by atoms with Crippen LogP contribution in [0, 0.1) is 7.11 Å². The van der Waals surface area contributed by atoms with Gasteiger partial charge in [0.05, 0.1) is 20.3 Å². The molecule has 0 saturated heterocycles. The van der Waals surface area contributed by atoms with Gasteiger partial charge < -0.3 is 9.16 Å². The highest BCUT2D eigenvalue weighted by Crippen LogP contribution is 2.00. The molecule has 0 bridgehead atoms. The second-order valence-electron chi connectivity index (χ2n) is 2.87. The molecular formula is C6H15O2Si. The molecule has 0 aliphatic rings. The first kappa shape index (κ1) is 9.14. The van der Waals surface area contributed by atoms with E-state index in [1.807, 2.05) is 0 Å². The summed E-state index contributed by atoms with van der Waals surface area (Å²) >= 11 is 0. The Bertz CT molecular complexity index is 67.9. The van der Waals surface area contributed by atoms with Crippen molar-refractivity contribution in [2.45, 2.75) is 19.6 Å². The van der Waals surface area contributed by atoms with E-state index in [2.05, 4.69) is 31.5 Å². The fourth-order valence-electron chi connectivity index (χ4n) is 0.407. The van der Waals surface area contributed by atoms with Crippen LogP contribution in [0.2, 0.25) is 19.6 Å². The van der Waals surface area contributed by atoms with Gasteiger partial charge in [0.1, 0.15) is 0 Å². The van der Waals surface area contributed by atoms with Crippen LogP contribution in [0.5, 0.6) is 0 Å². The third-order valence-corrected chi connectivity index (χ3v) is 1.83. The molecule has 0 rings (SSSR count). The molecule has 0 N–H and O–H groups in total. The van der Waals surface area contributed by atoms with Gasteiger partial charge in [-0.15, -0.1) is 0 Å². The average molecular weight is 147 g/mol. The van der Waals surface area contributed by atoms with Crippen molar-refractivity contribution < 1.29 is 9.16 Å². The molecule has 0 aromatic heterocycles. The fourth-order valence-corrected chi connectivity index (χ4v) is 1.10. The molecule has 0 aromatic carbocycles. The zero-order valence-electron chi connectivity index (χ0n) is 6.44. The Hall–Kier alpha value is 0.137. The predicted molar refractivity (Wildman–Crippen MR) is 40.6 cm³/mol. The molecule has 0 aromatic rings. The highest BCUT2D eigenvalue weighted by atomic mass is 28.4. The normalized spacial score (nSPS) is 12.0. The highest BCUT2D eigenvalue weighted by Gasteiger charge is 2.12. The lowest BCUT2D eigenvalue weighted by Crippen LogP contribution is -2.26. The van der Waals surface area contributed by atoms with Crippen molar-refractivity contribution in [3.63, 3.8) is 0 Å². The van der Waals surface area contributed by atoms with Gasteiger partial charge in [0.25, 0.3) is 0 Å². The number of hydrogen-bond donors (Lipinski definition) is 0. The lowest BCUT2D eigenvalue weighted by Gasteiger charge is -2.15. The van der Waals surface area contributed by atoms with Gasteiger partial charge >= 0.3 is 0 Å². The van der Waals surface area contributed by atoms with Crippen LogP contribution in [-0.4, -0.2) is 21.5 Å². The first-order valence-corrected chi connectivity index (χ1v) is 6.48. The van der Waals surface area contributed by atoms with E-state index in [9.17, 15) is 0 Å². The van der Waals surface area contributed by atoms with Gasteiger partial charge in [-0.2, -0.15) is 0 Å². The lowest BCUT2D eigenvalue weighted by atomic mass is 10.8. The van der Waals surface area contributed by atoms with Crippen LogP contribution in [0.3, 0.4) is 0 Å². The monoisotopic (exact) mass is 147 g/mol. The number of rotatable bonds is 4. The van der Waals surface area contributed by atoms with Crippen LogP contribution in [-0.2, 0) is 9.16 Å². The summed E-state index contributed by atoms with van der Waals surface area (Å²) in [6.45, 7) is 7.73. The average Bonchev–Trinajstić information content (AvgIpc) is 1.63. The number of hydrogen-bond acceptors (Lipinski definition) is 2. The topological polar surface area (TPSA) is 18.5 Å². The molecule has 1 radical (unpaired) electrons. The molecule has 0 heterocycles. The summed E-state index contributed by atoms with van der Waals surface area (Å²) in [5.74, 6) is 0. The summed E-state index contributed by atoms with van der Waals surface area (Å²) in [5.41, 5.74) is 0. The Balaban J connectivity index is 3.07. The minimum Gasteiger partial charge on any atom is -0.415 e. The van der Waals surface area contributed by atoms with E-state index < -0.39 is 8.32 Å². The molecule has 0 unspecified atom stereocenters. The molecule has 2 nitrogen and oxygen atoms in total. The van der Waals surface area contributed by atoms with E-state index in [4.69, 9.17) is 4.43 Å². The van der Waals surface area contributed by atoms with E-state index in [1.54, 1.807) is 0 Å². The second kappa shape index (κ2) is 4.03. The Morgan fingerprint density at radius 1 is 1.22 bits per heavy atom. The Kier molecular flexibility index (Phi) is 4.09. The molecule has 0 aliphatic heterocycles. The summed E-state index contributed by atoms with van der Waals surface area (Å²) in [6.07, 6.45) is 0. The predicted octanol–water partition coefficient (Wildman–Crippen LogP) is 1.65. The van der Waals surface area contributed by atoms with Gasteiger partial charge in [0, 0.05) is 0 Å². The van der Waals surface area contributed by atoms with Gasteiger partial charge in [-0.3, -0.25) is 0 Å². The third-order valence-electron chi connectivity index (χ3n) is 0.763. The van der Waals surface area contributed by atoms with Gasteiger partial charge in [-0.1, -0.05) is 0 Å². The summed E-state index contributed by atoms with van der Waals surface area (Å²) in [4.78, 5) is 0. The van der Waals surface area contributed by atoms with Gasteiger partial charge in [-0.25, -0.2) is 0 Å². The van der Waals surface area contributed by atoms with Crippen LogP contribution < -0.4 is 0 Å². The standard InChI is InChI=1S/C6H15O2Si/c1-7-5-6-8-9(2,3)4/h1,5-6H2,2-4H3. The molecular weight excluding hydrogens is 132 g/mol. The van der Waals surface area contributed by atoms with Crippen molar-refractivity contribution >= 4 is 8.32 Å². The van der Waals surface area contributed by atoms with Crippen molar-refractivity contribution in [2.24, 2.45) is 0 Å². The SMILES string of the molecule is [CH2]OCCO[Si](C)(C)C.